The normalized spacial score (nSPS) is 19.9. The molecule has 0 aromatic carbocycles. The van der Waals surface area contributed by atoms with Gasteiger partial charge < -0.3 is 11.1 Å². The molecule has 0 aliphatic heterocycles. The third kappa shape index (κ3) is 3.50. The number of hydrogen-bond donors (Lipinski definition) is 2. The molecule has 14 heavy (non-hydrogen) atoms. The Morgan fingerprint density at radius 2 is 2.36 bits per heavy atom. The van der Waals surface area contributed by atoms with Crippen molar-refractivity contribution in [2.45, 2.75) is 32.2 Å². The molecule has 0 saturated heterocycles. The molecule has 80 valence electrons. The molecule has 1 aliphatic rings. The summed E-state index contributed by atoms with van der Waals surface area (Å²) in [7, 11) is 0. The maximum Gasteiger partial charge on any atom is 0.237 e. The van der Waals surface area contributed by atoms with Crippen molar-refractivity contribution in [1.29, 1.82) is 0 Å². The van der Waals surface area contributed by atoms with E-state index in [4.69, 9.17) is 5.73 Å². The predicted molar refractivity (Wildman–Crippen MR) is 57.7 cm³/mol. The summed E-state index contributed by atoms with van der Waals surface area (Å²) in [5.74, 6) is 1.36. The molecule has 1 rings (SSSR count). The third-order valence-corrected chi connectivity index (χ3v) is 2.78. The summed E-state index contributed by atoms with van der Waals surface area (Å²) in [5.41, 5.74) is 5.62. The van der Waals surface area contributed by atoms with Crippen LogP contribution in [0.25, 0.3) is 0 Å². The average Bonchev–Trinajstić information content (AvgIpc) is 2.97. The van der Waals surface area contributed by atoms with Crippen molar-refractivity contribution in [3.8, 4) is 0 Å². The number of carbonyl (C=O) groups excluding carboxylic acids is 1. The van der Waals surface area contributed by atoms with Crippen molar-refractivity contribution in [3.05, 3.63) is 12.7 Å². The van der Waals surface area contributed by atoms with Crippen LogP contribution in [-0.4, -0.2) is 18.5 Å². The summed E-state index contributed by atoms with van der Waals surface area (Å²) in [5, 5.41) is 2.88. The zero-order chi connectivity index (χ0) is 10.6. The van der Waals surface area contributed by atoms with Gasteiger partial charge in [-0.25, -0.2) is 0 Å². The molecule has 2 unspecified atom stereocenters. The average molecular weight is 196 g/mol. The fourth-order valence-electron chi connectivity index (χ4n) is 1.51. The van der Waals surface area contributed by atoms with Crippen LogP contribution in [0.2, 0.25) is 0 Å². The molecule has 0 heterocycles. The molecule has 2 atom stereocenters. The van der Waals surface area contributed by atoms with E-state index in [-0.39, 0.29) is 5.91 Å². The van der Waals surface area contributed by atoms with Gasteiger partial charge in [-0.1, -0.05) is 13.0 Å². The molecule has 1 saturated carbocycles. The van der Waals surface area contributed by atoms with Crippen molar-refractivity contribution in [2.75, 3.05) is 6.54 Å². The number of hydrogen-bond acceptors (Lipinski definition) is 2. The summed E-state index contributed by atoms with van der Waals surface area (Å²) >= 11 is 0. The molecular weight excluding hydrogens is 176 g/mol. The van der Waals surface area contributed by atoms with Gasteiger partial charge in [0.05, 0.1) is 6.04 Å². The Morgan fingerprint density at radius 3 is 2.86 bits per heavy atom. The highest BCUT2D eigenvalue weighted by Crippen LogP contribution is 2.35. The van der Waals surface area contributed by atoms with E-state index >= 15 is 0 Å². The van der Waals surface area contributed by atoms with E-state index in [0.717, 1.165) is 12.5 Å². The predicted octanol–water partition coefficient (Wildman–Crippen LogP) is 1.05. The molecule has 1 fully saturated rings. The second kappa shape index (κ2) is 5.15. The fraction of sp³-hybridized carbons (Fsp3) is 0.727. The highest BCUT2D eigenvalue weighted by molar-refractivity contribution is 5.81. The smallest absolute Gasteiger partial charge is 0.237 e. The van der Waals surface area contributed by atoms with Crippen LogP contribution >= 0.6 is 0 Å². The lowest BCUT2D eigenvalue weighted by atomic mass is 10.1. The van der Waals surface area contributed by atoms with E-state index in [0.29, 0.717) is 12.3 Å². The lowest BCUT2D eigenvalue weighted by Crippen LogP contribution is -2.42. The molecule has 3 heteroatoms. The summed E-state index contributed by atoms with van der Waals surface area (Å²) in [6.45, 7) is 6.49. The van der Waals surface area contributed by atoms with Gasteiger partial charge in [-0.3, -0.25) is 4.79 Å². The van der Waals surface area contributed by atoms with Crippen LogP contribution in [0.3, 0.4) is 0 Å². The molecular formula is C11H20N2O. The van der Waals surface area contributed by atoms with E-state index in [1.165, 1.54) is 12.8 Å². The lowest BCUT2D eigenvalue weighted by molar-refractivity contribution is -0.122. The van der Waals surface area contributed by atoms with Crippen LogP contribution in [0.4, 0.5) is 0 Å². The second-order valence-corrected chi connectivity index (χ2v) is 4.19. The Labute approximate surface area is 85.7 Å². The molecule has 0 radical (unpaired) electrons. The molecule has 0 aromatic rings. The van der Waals surface area contributed by atoms with Crippen LogP contribution in [0.15, 0.2) is 12.7 Å². The maximum absolute atomic E-state index is 11.4. The van der Waals surface area contributed by atoms with Gasteiger partial charge in [-0.2, -0.15) is 0 Å². The van der Waals surface area contributed by atoms with Gasteiger partial charge in [-0.05, 0) is 31.1 Å². The maximum atomic E-state index is 11.4. The van der Waals surface area contributed by atoms with E-state index in [2.05, 4.69) is 18.8 Å². The van der Waals surface area contributed by atoms with E-state index in [1.807, 2.05) is 0 Å². The second-order valence-electron chi connectivity index (χ2n) is 4.19. The van der Waals surface area contributed by atoms with Crippen LogP contribution in [-0.2, 0) is 4.79 Å². The van der Waals surface area contributed by atoms with Gasteiger partial charge in [0, 0.05) is 6.54 Å². The fourth-order valence-corrected chi connectivity index (χ4v) is 1.51. The zero-order valence-electron chi connectivity index (χ0n) is 8.83. The van der Waals surface area contributed by atoms with Crippen LogP contribution in [0.5, 0.6) is 0 Å². The van der Waals surface area contributed by atoms with Crippen molar-refractivity contribution >= 4 is 5.91 Å². The lowest BCUT2D eigenvalue weighted by Gasteiger charge is -2.14. The number of carbonyl (C=O) groups is 1. The minimum absolute atomic E-state index is 0.0580. The van der Waals surface area contributed by atoms with Crippen molar-refractivity contribution in [1.82, 2.24) is 5.32 Å². The zero-order valence-corrected chi connectivity index (χ0v) is 8.83. The largest absolute Gasteiger partial charge is 0.354 e. The third-order valence-electron chi connectivity index (χ3n) is 2.78. The van der Waals surface area contributed by atoms with Crippen molar-refractivity contribution in [3.63, 3.8) is 0 Å². The molecule has 0 bridgehead atoms. The molecule has 0 spiro atoms. The Balaban J connectivity index is 2.15. The number of nitrogens with one attached hydrogen (secondary N) is 1. The SMILES string of the molecule is C=CCC(N)C(=O)NCC(C)C1CC1. The standard InChI is InChI=1S/C11H20N2O/c1-3-4-10(12)11(14)13-7-8(2)9-5-6-9/h3,8-10H,1,4-7,12H2,2H3,(H,13,14). The van der Waals surface area contributed by atoms with Gasteiger partial charge in [-0.15, -0.1) is 6.58 Å². The number of nitrogens with two attached hydrogens (primary N) is 1. The molecule has 0 aromatic heterocycles. The summed E-state index contributed by atoms with van der Waals surface area (Å²) in [6.07, 6.45) is 4.85. The van der Waals surface area contributed by atoms with Gasteiger partial charge >= 0.3 is 0 Å². The topological polar surface area (TPSA) is 55.1 Å². The van der Waals surface area contributed by atoms with E-state index < -0.39 is 6.04 Å². The van der Waals surface area contributed by atoms with Gasteiger partial charge in [0.15, 0.2) is 0 Å². The molecule has 3 nitrogen and oxygen atoms in total. The van der Waals surface area contributed by atoms with Crippen LogP contribution in [0, 0.1) is 11.8 Å². The molecule has 1 aliphatic carbocycles. The van der Waals surface area contributed by atoms with Crippen LogP contribution in [0.1, 0.15) is 26.2 Å². The Hall–Kier alpha value is -0.830. The van der Waals surface area contributed by atoms with Crippen LogP contribution < -0.4 is 11.1 Å². The number of amides is 1. The quantitative estimate of drug-likeness (QED) is 0.624. The summed E-state index contributed by atoms with van der Waals surface area (Å²) < 4.78 is 0. The summed E-state index contributed by atoms with van der Waals surface area (Å²) in [4.78, 5) is 11.4. The first kappa shape index (κ1) is 11.2. The van der Waals surface area contributed by atoms with E-state index in [1.54, 1.807) is 6.08 Å². The van der Waals surface area contributed by atoms with Gasteiger partial charge in [0.2, 0.25) is 5.91 Å². The monoisotopic (exact) mass is 196 g/mol. The minimum atomic E-state index is -0.432. The Kier molecular flexibility index (Phi) is 4.14. The molecule has 1 amide bonds. The highest BCUT2D eigenvalue weighted by Gasteiger charge is 2.28. The summed E-state index contributed by atoms with van der Waals surface area (Å²) in [6, 6.07) is -0.432. The van der Waals surface area contributed by atoms with Gasteiger partial charge in [0.1, 0.15) is 0 Å². The first-order chi connectivity index (χ1) is 6.65. The minimum Gasteiger partial charge on any atom is -0.354 e. The van der Waals surface area contributed by atoms with E-state index in [9.17, 15) is 4.79 Å². The van der Waals surface area contributed by atoms with Gasteiger partial charge in [0.25, 0.3) is 0 Å². The first-order valence-corrected chi connectivity index (χ1v) is 5.29. The van der Waals surface area contributed by atoms with Crippen molar-refractivity contribution < 1.29 is 4.79 Å². The Morgan fingerprint density at radius 1 is 1.71 bits per heavy atom. The first-order valence-electron chi connectivity index (χ1n) is 5.29. The Bertz CT molecular complexity index is 211. The molecule has 3 N–H and O–H groups in total. The number of rotatable bonds is 6. The highest BCUT2D eigenvalue weighted by atomic mass is 16.2. The van der Waals surface area contributed by atoms with Crippen molar-refractivity contribution in [2.24, 2.45) is 17.6 Å².